The summed E-state index contributed by atoms with van der Waals surface area (Å²) in [6, 6.07) is 9.16. The van der Waals surface area contributed by atoms with Crippen molar-refractivity contribution in [1.29, 1.82) is 0 Å². The van der Waals surface area contributed by atoms with Gasteiger partial charge in [0.1, 0.15) is 5.75 Å². The number of ether oxygens (including phenoxy) is 1. The number of amides is 1. The van der Waals surface area contributed by atoms with E-state index in [1.54, 1.807) is 12.1 Å². The molecule has 0 fully saturated rings. The van der Waals surface area contributed by atoms with Crippen molar-refractivity contribution in [1.82, 2.24) is 15.0 Å². The SMILES string of the molecule is O=C(O)Cn1ncc(NC(=O)CCOc2ccccc2)n1. The summed E-state index contributed by atoms with van der Waals surface area (Å²) in [5.74, 6) is -0.438. The van der Waals surface area contributed by atoms with Crippen LogP contribution in [-0.2, 0) is 16.1 Å². The molecule has 2 aromatic rings. The second-order valence-electron chi connectivity index (χ2n) is 4.11. The Morgan fingerprint density at radius 3 is 2.76 bits per heavy atom. The first-order chi connectivity index (χ1) is 10.1. The summed E-state index contributed by atoms with van der Waals surface area (Å²) >= 11 is 0. The van der Waals surface area contributed by atoms with Gasteiger partial charge in [0, 0.05) is 0 Å². The molecule has 0 radical (unpaired) electrons. The van der Waals surface area contributed by atoms with Crippen molar-refractivity contribution >= 4 is 17.7 Å². The molecule has 1 amide bonds. The van der Waals surface area contributed by atoms with E-state index in [4.69, 9.17) is 9.84 Å². The number of benzene rings is 1. The van der Waals surface area contributed by atoms with Gasteiger partial charge in [-0.25, -0.2) is 0 Å². The Kier molecular flexibility index (Phi) is 4.86. The van der Waals surface area contributed by atoms with Crippen LogP contribution in [0.15, 0.2) is 36.5 Å². The average molecular weight is 290 g/mol. The average Bonchev–Trinajstić information content (AvgIpc) is 2.86. The normalized spacial score (nSPS) is 10.1. The molecular weight excluding hydrogens is 276 g/mol. The third-order valence-corrected chi connectivity index (χ3v) is 2.42. The molecule has 0 spiro atoms. The minimum Gasteiger partial charge on any atom is -0.493 e. The molecule has 0 aliphatic carbocycles. The Labute approximate surface area is 120 Å². The number of carboxylic acid groups (broad SMARTS) is 1. The number of hydrogen-bond donors (Lipinski definition) is 2. The minimum atomic E-state index is -1.06. The lowest BCUT2D eigenvalue weighted by atomic mass is 10.3. The van der Waals surface area contributed by atoms with Gasteiger partial charge in [-0.3, -0.25) is 9.59 Å². The van der Waals surface area contributed by atoms with Gasteiger partial charge < -0.3 is 15.2 Å². The quantitative estimate of drug-likeness (QED) is 0.780. The predicted molar refractivity (Wildman–Crippen MR) is 72.8 cm³/mol. The fraction of sp³-hybridized carbons (Fsp3) is 0.231. The molecule has 0 aliphatic heterocycles. The Bertz CT molecular complexity index is 612. The molecule has 8 heteroatoms. The molecule has 0 unspecified atom stereocenters. The van der Waals surface area contributed by atoms with Crippen LogP contribution in [0, 0.1) is 0 Å². The van der Waals surface area contributed by atoms with Gasteiger partial charge in [-0.2, -0.15) is 9.90 Å². The molecular formula is C13H14N4O4. The van der Waals surface area contributed by atoms with Crippen LogP contribution in [-0.4, -0.2) is 38.6 Å². The van der Waals surface area contributed by atoms with Gasteiger partial charge in [-0.15, -0.1) is 5.10 Å². The van der Waals surface area contributed by atoms with Crippen LogP contribution in [0.25, 0.3) is 0 Å². The highest BCUT2D eigenvalue weighted by atomic mass is 16.5. The number of aromatic nitrogens is 3. The van der Waals surface area contributed by atoms with Crippen molar-refractivity contribution < 1.29 is 19.4 Å². The molecule has 1 heterocycles. The summed E-state index contributed by atoms with van der Waals surface area (Å²) in [6.07, 6.45) is 1.44. The molecule has 0 aliphatic rings. The van der Waals surface area contributed by atoms with Crippen molar-refractivity contribution in [2.75, 3.05) is 11.9 Å². The number of aliphatic carboxylic acids is 1. The highest BCUT2D eigenvalue weighted by Gasteiger charge is 2.08. The van der Waals surface area contributed by atoms with Crippen molar-refractivity contribution in [2.24, 2.45) is 0 Å². The Morgan fingerprint density at radius 2 is 2.05 bits per heavy atom. The van der Waals surface area contributed by atoms with Gasteiger partial charge in [-0.05, 0) is 12.1 Å². The van der Waals surface area contributed by atoms with E-state index in [0.717, 1.165) is 4.80 Å². The molecule has 8 nitrogen and oxygen atoms in total. The molecule has 0 saturated heterocycles. The Hall–Kier alpha value is -2.90. The first-order valence-electron chi connectivity index (χ1n) is 6.23. The highest BCUT2D eigenvalue weighted by Crippen LogP contribution is 2.08. The number of carbonyl (C=O) groups excluding carboxylic acids is 1. The van der Waals surface area contributed by atoms with E-state index < -0.39 is 5.97 Å². The molecule has 0 saturated carbocycles. The van der Waals surface area contributed by atoms with E-state index >= 15 is 0 Å². The van der Waals surface area contributed by atoms with Crippen molar-refractivity contribution in [3.8, 4) is 5.75 Å². The van der Waals surface area contributed by atoms with Gasteiger partial charge >= 0.3 is 5.97 Å². The smallest absolute Gasteiger partial charge is 0.327 e. The van der Waals surface area contributed by atoms with E-state index in [1.807, 2.05) is 18.2 Å². The zero-order valence-electron chi connectivity index (χ0n) is 11.1. The fourth-order valence-corrected chi connectivity index (χ4v) is 1.54. The van der Waals surface area contributed by atoms with Crippen LogP contribution >= 0.6 is 0 Å². The van der Waals surface area contributed by atoms with Crippen molar-refractivity contribution in [3.63, 3.8) is 0 Å². The van der Waals surface area contributed by atoms with Crippen LogP contribution in [0.2, 0.25) is 0 Å². The lowest BCUT2D eigenvalue weighted by Gasteiger charge is -2.05. The Balaban J connectivity index is 1.74. The lowest BCUT2D eigenvalue weighted by molar-refractivity contribution is -0.138. The van der Waals surface area contributed by atoms with Gasteiger partial charge in [0.05, 0.1) is 19.2 Å². The minimum absolute atomic E-state index is 0.153. The second kappa shape index (κ2) is 7.04. The van der Waals surface area contributed by atoms with E-state index in [1.165, 1.54) is 6.20 Å². The number of rotatable bonds is 7. The number of carbonyl (C=O) groups is 2. The van der Waals surface area contributed by atoms with Crippen LogP contribution in [0.3, 0.4) is 0 Å². The molecule has 110 valence electrons. The molecule has 0 atom stereocenters. The van der Waals surface area contributed by atoms with Crippen molar-refractivity contribution in [3.05, 3.63) is 36.5 Å². The largest absolute Gasteiger partial charge is 0.493 e. The molecule has 2 rings (SSSR count). The van der Waals surface area contributed by atoms with Gasteiger partial charge in [-0.1, -0.05) is 18.2 Å². The molecule has 0 bridgehead atoms. The number of anilines is 1. The number of carboxylic acids is 1. The maximum atomic E-state index is 11.6. The molecule has 2 N–H and O–H groups in total. The summed E-state index contributed by atoms with van der Waals surface area (Å²) in [6.45, 7) is -0.119. The number of nitrogens with one attached hydrogen (secondary N) is 1. The zero-order valence-corrected chi connectivity index (χ0v) is 11.1. The standard InChI is InChI=1S/C13H14N4O4/c18-12(6-7-21-10-4-2-1-3-5-10)15-11-8-14-17(16-11)9-13(19)20/h1-5,8H,6-7,9H2,(H,19,20)(H,15,16,18). The molecule has 21 heavy (non-hydrogen) atoms. The topological polar surface area (TPSA) is 106 Å². The van der Waals surface area contributed by atoms with Gasteiger partial charge in [0.2, 0.25) is 5.91 Å². The van der Waals surface area contributed by atoms with Crippen LogP contribution in [0.4, 0.5) is 5.82 Å². The van der Waals surface area contributed by atoms with E-state index in [2.05, 4.69) is 15.5 Å². The summed E-state index contributed by atoms with van der Waals surface area (Å²) in [5.41, 5.74) is 0. The van der Waals surface area contributed by atoms with E-state index in [0.29, 0.717) is 5.75 Å². The van der Waals surface area contributed by atoms with Crippen LogP contribution in [0.1, 0.15) is 6.42 Å². The summed E-state index contributed by atoms with van der Waals surface area (Å²) in [4.78, 5) is 23.1. The summed E-state index contributed by atoms with van der Waals surface area (Å²) in [7, 11) is 0. The first kappa shape index (κ1) is 14.5. The summed E-state index contributed by atoms with van der Waals surface area (Å²) < 4.78 is 5.39. The van der Waals surface area contributed by atoms with Gasteiger partial charge in [0.25, 0.3) is 0 Å². The van der Waals surface area contributed by atoms with Crippen molar-refractivity contribution in [2.45, 2.75) is 13.0 Å². The third-order valence-electron chi connectivity index (χ3n) is 2.42. The van der Waals surface area contributed by atoms with Crippen LogP contribution < -0.4 is 10.1 Å². The number of para-hydroxylation sites is 1. The maximum Gasteiger partial charge on any atom is 0.327 e. The van der Waals surface area contributed by atoms with E-state index in [-0.39, 0.29) is 31.3 Å². The third kappa shape index (κ3) is 4.94. The molecule has 1 aromatic carbocycles. The highest BCUT2D eigenvalue weighted by molar-refractivity contribution is 5.89. The number of nitrogens with zero attached hydrogens (tertiary/aromatic N) is 3. The number of hydrogen-bond acceptors (Lipinski definition) is 5. The zero-order chi connectivity index (χ0) is 15.1. The lowest BCUT2D eigenvalue weighted by Crippen LogP contribution is -2.16. The first-order valence-corrected chi connectivity index (χ1v) is 6.23. The maximum absolute atomic E-state index is 11.6. The second-order valence-corrected chi connectivity index (χ2v) is 4.11. The fourth-order valence-electron chi connectivity index (χ4n) is 1.54. The Morgan fingerprint density at radius 1 is 1.29 bits per heavy atom. The van der Waals surface area contributed by atoms with Crippen LogP contribution in [0.5, 0.6) is 5.75 Å². The molecule has 1 aromatic heterocycles. The van der Waals surface area contributed by atoms with E-state index in [9.17, 15) is 9.59 Å². The van der Waals surface area contributed by atoms with Gasteiger partial charge in [0.15, 0.2) is 12.4 Å². The summed E-state index contributed by atoms with van der Waals surface area (Å²) in [5, 5.41) is 18.6. The monoisotopic (exact) mass is 290 g/mol. The predicted octanol–water partition coefficient (Wildman–Crippen LogP) is 0.770.